The second-order valence-corrected chi connectivity index (χ2v) is 4.45. The van der Waals surface area contributed by atoms with Crippen molar-refractivity contribution in [2.45, 2.75) is 32.3 Å². The zero-order valence-electron chi connectivity index (χ0n) is 10.7. The lowest BCUT2D eigenvalue weighted by Gasteiger charge is -2.23. The summed E-state index contributed by atoms with van der Waals surface area (Å²) in [6.07, 6.45) is 3.68. The van der Waals surface area contributed by atoms with E-state index in [0.717, 1.165) is 31.7 Å². The maximum Gasteiger partial charge on any atom is 0.167 e. The number of hydrogen-bond acceptors (Lipinski definition) is 3. The molecule has 1 aliphatic rings. The number of anilines is 1. The molecule has 2 rings (SSSR count). The fraction of sp³-hybridized carbons (Fsp3) is 0.571. The van der Waals surface area contributed by atoms with Crippen LogP contribution in [-0.4, -0.2) is 25.9 Å². The van der Waals surface area contributed by atoms with Gasteiger partial charge in [-0.25, -0.2) is 4.39 Å². The summed E-state index contributed by atoms with van der Waals surface area (Å²) >= 11 is 0. The summed E-state index contributed by atoms with van der Waals surface area (Å²) in [5, 5.41) is 3.20. The maximum absolute atomic E-state index is 13.6. The minimum atomic E-state index is -0.327. The predicted octanol–water partition coefficient (Wildman–Crippen LogP) is 3.21. The highest BCUT2D eigenvalue weighted by atomic mass is 19.1. The van der Waals surface area contributed by atoms with Gasteiger partial charge in [0, 0.05) is 24.9 Å². The first-order chi connectivity index (χ1) is 8.79. The quantitative estimate of drug-likeness (QED) is 0.874. The van der Waals surface area contributed by atoms with Crippen molar-refractivity contribution in [3.8, 4) is 5.75 Å². The van der Waals surface area contributed by atoms with Crippen molar-refractivity contribution < 1.29 is 13.9 Å². The minimum absolute atomic E-state index is 0.244. The number of ether oxygens (including phenoxy) is 2. The Morgan fingerprint density at radius 1 is 1.44 bits per heavy atom. The summed E-state index contributed by atoms with van der Waals surface area (Å²) in [4.78, 5) is 0. The third-order valence-corrected chi connectivity index (χ3v) is 3.04. The van der Waals surface area contributed by atoms with Gasteiger partial charge in [-0.15, -0.1) is 0 Å². The first-order valence-electron chi connectivity index (χ1n) is 6.57. The molecule has 4 heteroatoms. The van der Waals surface area contributed by atoms with E-state index in [1.807, 2.05) is 13.0 Å². The summed E-state index contributed by atoms with van der Waals surface area (Å²) in [6.45, 7) is 3.88. The van der Waals surface area contributed by atoms with Crippen LogP contribution in [0.15, 0.2) is 18.2 Å². The van der Waals surface area contributed by atoms with Crippen LogP contribution in [0.3, 0.4) is 0 Å². The van der Waals surface area contributed by atoms with E-state index in [2.05, 4.69) is 5.32 Å². The van der Waals surface area contributed by atoms with Crippen molar-refractivity contribution in [3.63, 3.8) is 0 Å². The molecule has 1 aliphatic heterocycles. The van der Waals surface area contributed by atoms with E-state index in [0.29, 0.717) is 12.4 Å². The van der Waals surface area contributed by atoms with Gasteiger partial charge in [0.1, 0.15) is 0 Å². The van der Waals surface area contributed by atoms with Crippen LogP contribution >= 0.6 is 0 Å². The van der Waals surface area contributed by atoms with Gasteiger partial charge in [-0.05, 0) is 38.3 Å². The van der Waals surface area contributed by atoms with Crippen molar-refractivity contribution in [1.29, 1.82) is 0 Å². The molecule has 0 aliphatic carbocycles. The normalized spacial score (nSPS) is 19.6. The zero-order valence-corrected chi connectivity index (χ0v) is 10.7. The molecule has 1 atom stereocenters. The van der Waals surface area contributed by atoms with E-state index in [4.69, 9.17) is 9.47 Å². The second-order valence-electron chi connectivity index (χ2n) is 4.45. The molecule has 0 saturated carbocycles. The lowest BCUT2D eigenvalue weighted by Crippen LogP contribution is -2.26. The molecular weight excluding hydrogens is 233 g/mol. The van der Waals surface area contributed by atoms with Gasteiger partial charge in [-0.2, -0.15) is 0 Å². The van der Waals surface area contributed by atoms with Crippen LogP contribution in [0.5, 0.6) is 5.75 Å². The molecule has 0 amide bonds. The van der Waals surface area contributed by atoms with Gasteiger partial charge in [0.25, 0.3) is 0 Å². The predicted molar refractivity (Wildman–Crippen MR) is 69.6 cm³/mol. The molecule has 0 spiro atoms. The van der Waals surface area contributed by atoms with Crippen molar-refractivity contribution in [2.24, 2.45) is 0 Å². The number of rotatable bonds is 5. The number of halogens is 1. The highest BCUT2D eigenvalue weighted by Crippen LogP contribution is 2.21. The van der Waals surface area contributed by atoms with E-state index in [-0.39, 0.29) is 11.9 Å². The van der Waals surface area contributed by atoms with Gasteiger partial charge in [0.05, 0.1) is 12.7 Å². The van der Waals surface area contributed by atoms with Crippen molar-refractivity contribution >= 4 is 5.69 Å². The molecule has 0 bridgehead atoms. The number of benzene rings is 1. The monoisotopic (exact) mass is 253 g/mol. The molecular formula is C14H20FNO2. The standard InChI is InChI=1S/C14H20FNO2/c1-2-17-14-7-6-11(9-13(14)15)16-10-12-5-3-4-8-18-12/h6-7,9,12,16H,2-5,8,10H2,1H3. The molecule has 1 saturated heterocycles. The molecule has 1 heterocycles. The number of nitrogens with one attached hydrogen (secondary N) is 1. The van der Waals surface area contributed by atoms with Crippen LogP contribution in [-0.2, 0) is 4.74 Å². The Morgan fingerprint density at radius 2 is 2.33 bits per heavy atom. The lowest BCUT2D eigenvalue weighted by atomic mass is 10.1. The first kappa shape index (κ1) is 13.1. The summed E-state index contributed by atoms with van der Waals surface area (Å²) < 4.78 is 24.4. The maximum atomic E-state index is 13.6. The SMILES string of the molecule is CCOc1ccc(NCC2CCCCO2)cc1F. The molecule has 1 unspecified atom stereocenters. The molecule has 18 heavy (non-hydrogen) atoms. The Hall–Kier alpha value is -1.29. The molecule has 100 valence electrons. The molecule has 1 N–H and O–H groups in total. The fourth-order valence-electron chi connectivity index (χ4n) is 2.08. The molecule has 1 aromatic rings. The van der Waals surface area contributed by atoms with E-state index in [9.17, 15) is 4.39 Å². The Labute approximate surface area is 107 Å². The van der Waals surface area contributed by atoms with E-state index >= 15 is 0 Å². The van der Waals surface area contributed by atoms with Gasteiger partial charge in [-0.1, -0.05) is 0 Å². The van der Waals surface area contributed by atoms with Gasteiger partial charge in [0.15, 0.2) is 11.6 Å². The lowest BCUT2D eigenvalue weighted by molar-refractivity contribution is 0.0247. The van der Waals surface area contributed by atoms with Crippen LogP contribution in [0.1, 0.15) is 26.2 Å². The minimum Gasteiger partial charge on any atom is -0.491 e. The molecule has 0 radical (unpaired) electrons. The second kappa shape index (κ2) is 6.59. The highest BCUT2D eigenvalue weighted by molar-refractivity contribution is 5.47. The molecule has 1 aromatic carbocycles. The summed E-state index contributed by atoms with van der Waals surface area (Å²) in [6, 6.07) is 4.95. The molecule has 1 fully saturated rings. The van der Waals surface area contributed by atoms with Crippen LogP contribution in [0, 0.1) is 5.82 Å². The molecule has 3 nitrogen and oxygen atoms in total. The van der Waals surface area contributed by atoms with Crippen molar-refractivity contribution in [2.75, 3.05) is 25.1 Å². The van der Waals surface area contributed by atoms with Gasteiger partial charge in [0.2, 0.25) is 0 Å². The number of hydrogen-bond donors (Lipinski definition) is 1. The van der Waals surface area contributed by atoms with Gasteiger partial charge >= 0.3 is 0 Å². The van der Waals surface area contributed by atoms with Crippen LogP contribution < -0.4 is 10.1 Å². The zero-order chi connectivity index (χ0) is 12.8. The Morgan fingerprint density at radius 3 is 3.00 bits per heavy atom. The van der Waals surface area contributed by atoms with E-state index in [1.54, 1.807) is 6.07 Å². The van der Waals surface area contributed by atoms with Crippen LogP contribution in [0.4, 0.5) is 10.1 Å². The fourth-order valence-corrected chi connectivity index (χ4v) is 2.08. The van der Waals surface area contributed by atoms with Crippen molar-refractivity contribution in [3.05, 3.63) is 24.0 Å². The highest BCUT2D eigenvalue weighted by Gasteiger charge is 2.13. The van der Waals surface area contributed by atoms with Crippen LogP contribution in [0.25, 0.3) is 0 Å². The van der Waals surface area contributed by atoms with E-state index in [1.165, 1.54) is 12.5 Å². The largest absolute Gasteiger partial charge is 0.491 e. The van der Waals surface area contributed by atoms with Gasteiger partial charge < -0.3 is 14.8 Å². The van der Waals surface area contributed by atoms with E-state index < -0.39 is 0 Å². The Bertz CT molecular complexity index is 378. The summed E-state index contributed by atoms with van der Waals surface area (Å²) in [5.74, 6) is -0.0246. The van der Waals surface area contributed by atoms with Gasteiger partial charge in [-0.3, -0.25) is 0 Å². The average molecular weight is 253 g/mol. The summed E-state index contributed by atoms with van der Waals surface area (Å²) in [5.41, 5.74) is 0.769. The average Bonchev–Trinajstić information content (AvgIpc) is 2.41. The van der Waals surface area contributed by atoms with Crippen molar-refractivity contribution in [1.82, 2.24) is 0 Å². The third kappa shape index (κ3) is 3.60. The third-order valence-electron chi connectivity index (χ3n) is 3.04. The summed E-state index contributed by atoms with van der Waals surface area (Å²) in [7, 11) is 0. The molecule has 0 aromatic heterocycles. The Kier molecular flexibility index (Phi) is 4.81. The topological polar surface area (TPSA) is 30.5 Å². The first-order valence-corrected chi connectivity index (χ1v) is 6.57. The Balaban J connectivity index is 1.87. The smallest absolute Gasteiger partial charge is 0.167 e. The van der Waals surface area contributed by atoms with Crippen LogP contribution in [0.2, 0.25) is 0 Å².